The van der Waals surface area contributed by atoms with Crippen molar-refractivity contribution in [2.75, 3.05) is 26.7 Å². The lowest BCUT2D eigenvalue weighted by molar-refractivity contribution is -0.142. The highest BCUT2D eigenvalue weighted by atomic mass is 16.3. The molecule has 0 aromatic heterocycles. The van der Waals surface area contributed by atoms with Gasteiger partial charge in [-0.2, -0.15) is 0 Å². The van der Waals surface area contributed by atoms with Crippen LogP contribution in [-0.4, -0.2) is 59.6 Å². The third kappa shape index (κ3) is 2.32. The van der Waals surface area contributed by atoms with Crippen LogP contribution >= 0.6 is 0 Å². The van der Waals surface area contributed by atoms with Crippen molar-refractivity contribution >= 4 is 5.91 Å². The molecule has 0 aromatic rings. The maximum absolute atomic E-state index is 11.8. The average Bonchev–Trinajstić information content (AvgIpc) is 2.20. The summed E-state index contributed by atoms with van der Waals surface area (Å²) in [5.74, 6) is 0.176. The summed E-state index contributed by atoms with van der Waals surface area (Å²) in [6, 6.07) is 0.0833. The van der Waals surface area contributed by atoms with Crippen LogP contribution in [0.4, 0.5) is 0 Å². The summed E-state index contributed by atoms with van der Waals surface area (Å²) in [7, 11) is 1.96. The van der Waals surface area contributed by atoms with Gasteiger partial charge >= 0.3 is 0 Å². The number of piperazine rings is 1. The summed E-state index contributed by atoms with van der Waals surface area (Å²) in [6.07, 6.45) is 3.76. The Kier molecular flexibility index (Phi) is 3.26. The van der Waals surface area contributed by atoms with Crippen molar-refractivity contribution in [2.45, 2.75) is 37.8 Å². The Labute approximate surface area is 90.9 Å². The van der Waals surface area contributed by atoms with Gasteiger partial charge in [-0.15, -0.1) is 0 Å². The number of rotatable bonds is 1. The molecule has 4 heteroatoms. The lowest BCUT2D eigenvalue weighted by atomic mass is 9.91. The molecule has 2 atom stereocenters. The molecule has 2 rings (SSSR count). The zero-order chi connectivity index (χ0) is 10.8. The number of nitrogens with zero attached hydrogens (tertiary/aromatic N) is 2. The topological polar surface area (TPSA) is 43.8 Å². The normalized spacial score (nSPS) is 34.5. The van der Waals surface area contributed by atoms with E-state index in [0.717, 1.165) is 38.8 Å². The van der Waals surface area contributed by atoms with Gasteiger partial charge in [0.05, 0.1) is 18.7 Å². The summed E-state index contributed by atoms with van der Waals surface area (Å²) in [6.45, 7) is 2.20. The van der Waals surface area contributed by atoms with E-state index in [0.29, 0.717) is 6.54 Å². The summed E-state index contributed by atoms with van der Waals surface area (Å²) < 4.78 is 0. The first-order valence-corrected chi connectivity index (χ1v) is 5.84. The molecule has 0 radical (unpaired) electrons. The number of hydrogen-bond acceptors (Lipinski definition) is 3. The van der Waals surface area contributed by atoms with E-state index in [1.165, 1.54) is 0 Å². The van der Waals surface area contributed by atoms with E-state index in [1.807, 2.05) is 16.8 Å². The minimum Gasteiger partial charge on any atom is -0.391 e. The van der Waals surface area contributed by atoms with Crippen LogP contribution in [-0.2, 0) is 4.79 Å². The fourth-order valence-corrected chi connectivity index (χ4v) is 2.61. The number of hydrogen-bond donors (Lipinski definition) is 1. The van der Waals surface area contributed by atoms with Crippen LogP contribution < -0.4 is 0 Å². The number of aliphatic hydroxyl groups excluding tert-OH is 1. The van der Waals surface area contributed by atoms with E-state index in [2.05, 4.69) is 0 Å². The van der Waals surface area contributed by atoms with Crippen LogP contribution in [0.1, 0.15) is 25.7 Å². The molecule has 86 valence electrons. The summed E-state index contributed by atoms with van der Waals surface area (Å²) in [5, 5.41) is 9.90. The molecule has 2 fully saturated rings. The monoisotopic (exact) mass is 212 g/mol. The van der Waals surface area contributed by atoms with Gasteiger partial charge in [0, 0.05) is 13.1 Å². The van der Waals surface area contributed by atoms with Crippen molar-refractivity contribution < 1.29 is 9.90 Å². The Balaban J connectivity index is 1.99. The fourth-order valence-electron chi connectivity index (χ4n) is 2.61. The third-order valence-corrected chi connectivity index (χ3v) is 3.54. The molecule has 1 heterocycles. The molecule has 1 saturated carbocycles. The zero-order valence-electron chi connectivity index (χ0n) is 9.35. The maximum Gasteiger partial charge on any atom is 0.237 e. The smallest absolute Gasteiger partial charge is 0.237 e. The third-order valence-electron chi connectivity index (χ3n) is 3.54. The van der Waals surface area contributed by atoms with Crippen molar-refractivity contribution in [1.29, 1.82) is 0 Å². The molecule has 2 unspecified atom stereocenters. The highest BCUT2D eigenvalue weighted by Crippen LogP contribution is 2.24. The molecule has 15 heavy (non-hydrogen) atoms. The van der Waals surface area contributed by atoms with Crippen molar-refractivity contribution in [3.63, 3.8) is 0 Å². The van der Waals surface area contributed by atoms with E-state index >= 15 is 0 Å². The van der Waals surface area contributed by atoms with Gasteiger partial charge in [-0.25, -0.2) is 0 Å². The molecule has 1 N–H and O–H groups in total. The van der Waals surface area contributed by atoms with Crippen molar-refractivity contribution in [3.8, 4) is 0 Å². The number of aliphatic hydroxyl groups is 1. The van der Waals surface area contributed by atoms with Crippen LogP contribution in [0.3, 0.4) is 0 Å². The van der Waals surface area contributed by atoms with Gasteiger partial charge in [-0.1, -0.05) is 12.8 Å². The van der Waals surface area contributed by atoms with Crippen LogP contribution in [0.2, 0.25) is 0 Å². The van der Waals surface area contributed by atoms with Gasteiger partial charge in [0.15, 0.2) is 0 Å². The first-order chi connectivity index (χ1) is 7.18. The second kappa shape index (κ2) is 4.49. The van der Waals surface area contributed by atoms with Gasteiger partial charge < -0.3 is 10.0 Å². The van der Waals surface area contributed by atoms with Crippen LogP contribution in [0, 0.1) is 0 Å². The maximum atomic E-state index is 11.8. The highest BCUT2D eigenvalue weighted by molar-refractivity contribution is 5.79. The summed E-state index contributed by atoms with van der Waals surface area (Å²) in [4.78, 5) is 15.8. The SMILES string of the molecule is CN1CCN(C2CCCCC2O)C(=O)C1. The number of amides is 1. The van der Waals surface area contributed by atoms with Gasteiger partial charge in [0.1, 0.15) is 0 Å². The lowest BCUT2D eigenvalue weighted by Crippen LogP contribution is -2.56. The minimum absolute atomic E-state index is 0.0833. The van der Waals surface area contributed by atoms with Crippen molar-refractivity contribution in [3.05, 3.63) is 0 Å². The van der Waals surface area contributed by atoms with E-state index < -0.39 is 0 Å². The Bertz CT molecular complexity index is 245. The average molecular weight is 212 g/mol. The fraction of sp³-hybridized carbons (Fsp3) is 0.909. The quantitative estimate of drug-likeness (QED) is 0.668. The molecule has 2 aliphatic rings. The van der Waals surface area contributed by atoms with Crippen LogP contribution in [0.25, 0.3) is 0 Å². The zero-order valence-corrected chi connectivity index (χ0v) is 9.35. The summed E-state index contributed by atoms with van der Waals surface area (Å²) in [5.41, 5.74) is 0. The second-order valence-electron chi connectivity index (χ2n) is 4.74. The molecular formula is C11H20N2O2. The molecule has 0 bridgehead atoms. The molecule has 1 saturated heterocycles. The molecule has 0 spiro atoms. The van der Waals surface area contributed by atoms with Crippen LogP contribution in [0.15, 0.2) is 0 Å². The standard InChI is InChI=1S/C11H20N2O2/c1-12-6-7-13(11(15)8-12)9-4-2-3-5-10(9)14/h9-10,14H,2-8H2,1H3. The molecule has 1 aliphatic carbocycles. The van der Waals surface area contributed by atoms with Gasteiger partial charge in [-0.05, 0) is 19.9 Å². The second-order valence-corrected chi connectivity index (χ2v) is 4.74. The predicted octanol–water partition coefficient (Wildman–Crippen LogP) is 0.0639. The molecule has 0 aromatic carbocycles. The first-order valence-electron chi connectivity index (χ1n) is 5.84. The lowest BCUT2D eigenvalue weighted by Gasteiger charge is -2.41. The molecule has 1 amide bonds. The number of likely N-dealkylation sites (N-methyl/N-ethyl adjacent to an activating group) is 1. The Morgan fingerprint density at radius 3 is 2.67 bits per heavy atom. The highest BCUT2D eigenvalue weighted by Gasteiger charge is 2.33. The molecular weight excluding hydrogens is 192 g/mol. The van der Waals surface area contributed by atoms with Crippen molar-refractivity contribution in [1.82, 2.24) is 9.80 Å². The van der Waals surface area contributed by atoms with Gasteiger partial charge in [0.2, 0.25) is 5.91 Å². The Hall–Kier alpha value is -0.610. The number of carbonyl (C=O) groups is 1. The van der Waals surface area contributed by atoms with E-state index in [9.17, 15) is 9.90 Å². The Morgan fingerprint density at radius 2 is 2.00 bits per heavy atom. The Morgan fingerprint density at radius 1 is 1.27 bits per heavy atom. The minimum atomic E-state index is -0.300. The molecule has 4 nitrogen and oxygen atoms in total. The van der Waals surface area contributed by atoms with Gasteiger partial charge in [0.25, 0.3) is 0 Å². The van der Waals surface area contributed by atoms with Crippen molar-refractivity contribution in [2.24, 2.45) is 0 Å². The van der Waals surface area contributed by atoms with E-state index in [-0.39, 0.29) is 18.1 Å². The predicted molar refractivity (Wildman–Crippen MR) is 57.5 cm³/mol. The van der Waals surface area contributed by atoms with E-state index in [1.54, 1.807) is 0 Å². The van der Waals surface area contributed by atoms with Crippen LogP contribution in [0.5, 0.6) is 0 Å². The molecule has 1 aliphatic heterocycles. The number of carbonyl (C=O) groups excluding carboxylic acids is 1. The first kappa shape index (κ1) is 10.9. The van der Waals surface area contributed by atoms with E-state index in [4.69, 9.17) is 0 Å². The summed E-state index contributed by atoms with van der Waals surface area (Å²) >= 11 is 0. The largest absolute Gasteiger partial charge is 0.391 e. The van der Waals surface area contributed by atoms with Gasteiger partial charge in [-0.3, -0.25) is 9.69 Å².